The van der Waals surface area contributed by atoms with Crippen molar-refractivity contribution in [3.05, 3.63) is 0 Å². The molecule has 0 fully saturated rings. The van der Waals surface area contributed by atoms with E-state index in [-0.39, 0.29) is 5.91 Å². The average Bonchev–Trinajstić information content (AvgIpc) is 2.53. The van der Waals surface area contributed by atoms with Crippen LogP contribution in [-0.4, -0.2) is 16.3 Å². The third kappa shape index (κ3) is 14.7. The van der Waals surface area contributed by atoms with Gasteiger partial charge in [0.2, 0.25) is 5.91 Å². The van der Waals surface area contributed by atoms with Gasteiger partial charge in [-0.1, -0.05) is 101 Å². The molecule has 0 aromatic rings. The third-order valence-corrected chi connectivity index (χ3v) is 5.45. The lowest BCUT2D eigenvalue weighted by atomic mass is 10.0. The fourth-order valence-corrected chi connectivity index (χ4v) is 2.28. The summed E-state index contributed by atoms with van der Waals surface area (Å²) in [6.07, 6.45) is 14.2. The second-order valence-corrected chi connectivity index (χ2v) is 7.48. The van der Waals surface area contributed by atoms with E-state index < -0.39 is 10.4 Å². The number of unbranched alkanes of at least 4 members (excludes halogenated alkanes) is 8. The van der Waals surface area contributed by atoms with E-state index in [1.807, 2.05) is 19.2 Å². The predicted molar refractivity (Wildman–Crippen MR) is 103 cm³/mol. The second kappa shape index (κ2) is 16.3. The molecule has 0 atom stereocenters. The topological polar surface area (TPSA) is 72.2 Å². The van der Waals surface area contributed by atoms with Crippen molar-refractivity contribution >= 4 is 27.9 Å². The zero-order valence-electron chi connectivity index (χ0n) is 15.5. The molecule has 0 saturated carbocycles. The normalized spacial score (nSPS) is 10.7. The maximum Gasteiger partial charge on any atom is 0.318 e. The Bertz CT molecular complexity index is 297. The van der Waals surface area contributed by atoms with E-state index in [4.69, 9.17) is 5.73 Å². The van der Waals surface area contributed by atoms with Crippen molar-refractivity contribution < 1.29 is 9.59 Å². The minimum atomic E-state index is -0.814. The highest BCUT2D eigenvalue weighted by Gasteiger charge is 2.32. The SMILES string of the molecule is CCC(Br)(CC)C(=O)NC(N)=O.CCCCCCCCCCC. The Morgan fingerprint density at radius 3 is 1.43 bits per heavy atom. The molecule has 0 unspecified atom stereocenters. The molecule has 0 aliphatic rings. The molecule has 0 aromatic heterocycles. The highest BCUT2D eigenvalue weighted by Crippen LogP contribution is 2.26. The molecule has 0 radical (unpaired) electrons. The van der Waals surface area contributed by atoms with Gasteiger partial charge in [0, 0.05) is 0 Å². The Labute approximate surface area is 151 Å². The zero-order valence-corrected chi connectivity index (χ0v) is 17.1. The van der Waals surface area contributed by atoms with Gasteiger partial charge in [-0.3, -0.25) is 10.1 Å². The van der Waals surface area contributed by atoms with Gasteiger partial charge in [-0.15, -0.1) is 0 Å². The Morgan fingerprint density at radius 1 is 0.826 bits per heavy atom. The molecule has 23 heavy (non-hydrogen) atoms. The standard InChI is InChI=1S/C11H24.C7H13BrN2O2/c1-3-5-7-9-11-10-8-6-4-2;1-3-7(8,4-2)5(11)10-6(9)12/h3-11H2,1-2H3;3-4H2,1-2H3,(H3,9,10,11,12). The monoisotopic (exact) mass is 392 g/mol. The zero-order chi connectivity index (χ0) is 18.1. The summed E-state index contributed by atoms with van der Waals surface area (Å²) >= 11 is 3.26. The summed E-state index contributed by atoms with van der Waals surface area (Å²) in [5, 5.41) is 2.04. The number of nitrogens with one attached hydrogen (secondary N) is 1. The van der Waals surface area contributed by atoms with E-state index >= 15 is 0 Å². The van der Waals surface area contributed by atoms with Crippen LogP contribution in [0.15, 0.2) is 0 Å². The van der Waals surface area contributed by atoms with Crippen molar-refractivity contribution in [2.45, 2.75) is 103 Å². The first kappa shape index (κ1) is 24.7. The largest absolute Gasteiger partial charge is 0.351 e. The summed E-state index contributed by atoms with van der Waals surface area (Å²) in [6.45, 7) is 8.27. The van der Waals surface area contributed by atoms with Gasteiger partial charge in [0.15, 0.2) is 0 Å². The molecule has 138 valence electrons. The van der Waals surface area contributed by atoms with Gasteiger partial charge in [0.05, 0.1) is 0 Å². The van der Waals surface area contributed by atoms with Crippen molar-refractivity contribution in [2.24, 2.45) is 5.73 Å². The average molecular weight is 393 g/mol. The van der Waals surface area contributed by atoms with Crippen molar-refractivity contribution in [1.29, 1.82) is 0 Å². The van der Waals surface area contributed by atoms with Gasteiger partial charge < -0.3 is 5.73 Å². The number of rotatable bonds is 11. The van der Waals surface area contributed by atoms with Crippen LogP contribution in [0.5, 0.6) is 0 Å². The van der Waals surface area contributed by atoms with Crippen molar-refractivity contribution in [3.63, 3.8) is 0 Å². The number of carbonyl (C=O) groups is 2. The van der Waals surface area contributed by atoms with Crippen LogP contribution < -0.4 is 11.1 Å². The summed E-state index contributed by atoms with van der Waals surface area (Å²) in [6, 6.07) is -0.814. The first-order valence-corrected chi connectivity index (χ1v) is 9.96. The fourth-order valence-electron chi connectivity index (χ4n) is 2.18. The lowest BCUT2D eigenvalue weighted by molar-refractivity contribution is -0.122. The molecular formula is C18H37BrN2O2. The van der Waals surface area contributed by atoms with Crippen LogP contribution in [0, 0.1) is 0 Å². The van der Waals surface area contributed by atoms with E-state index in [2.05, 4.69) is 29.8 Å². The molecule has 0 rings (SSSR count). The molecule has 0 bridgehead atoms. The molecule has 0 aliphatic heterocycles. The number of alkyl halides is 1. The number of imide groups is 1. The summed E-state index contributed by atoms with van der Waals surface area (Å²) in [5.41, 5.74) is 4.81. The van der Waals surface area contributed by atoms with Gasteiger partial charge in [0.1, 0.15) is 4.32 Å². The molecule has 4 nitrogen and oxygen atoms in total. The minimum Gasteiger partial charge on any atom is -0.351 e. The fraction of sp³-hybridized carbons (Fsp3) is 0.889. The van der Waals surface area contributed by atoms with E-state index in [9.17, 15) is 9.59 Å². The number of nitrogens with two attached hydrogens (primary N) is 1. The maximum atomic E-state index is 11.3. The van der Waals surface area contributed by atoms with E-state index in [0.717, 1.165) is 0 Å². The molecule has 5 heteroatoms. The van der Waals surface area contributed by atoms with Crippen molar-refractivity contribution in [3.8, 4) is 0 Å². The van der Waals surface area contributed by atoms with Gasteiger partial charge in [-0.05, 0) is 12.8 Å². The number of hydrogen-bond acceptors (Lipinski definition) is 2. The Morgan fingerprint density at radius 2 is 1.17 bits per heavy atom. The highest BCUT2D eigenvalue weighted by atomic mass is 79.9. The van der Waals surface area contributed by atoms with E-state index in [1.165, 1.54) is 57.8 Å². The predicted octanol–water partition coefficient (Wildman–Crippen LogP) is 5.67. The molecule has 0 heterocycles. The van der Waals surface area contributed by atoms with Crippen LogP contribution in [0.1, 0.15) is 98.3 Å². The molecule has 3 amide bonds. The summed E-state index contributed by atoms with van der Waals surface area (Å²) in [4.78, 5) is 21.6. The van der Waals surface area contributed by atoms with Gasteiger partial charge in [-0.25, -0.2) is 4.79 Å². The number of halogens is 1. The number of hydrogen-bond donors (Lipinski definition) is 2. The molecular weight excluding hydrogens is 356 g/mol. The first-order chi connectivity index (χ1) is 10.9. The maximum absolute atomic E-state index is 11.3. The lowest BCUT2D eigenvalue weighted by Crippen LogP contribution is -2.46. The molecule has 0 aliphatic carbocycles. The number of amides is 3. The summed E-state index contributed by atoms with van der Waals surface area (Å²) in [5.74, 6) is -0.375. The second-order valence-electron chi connectivity index (χ2n) is 5.97. The summed E-state index contributed by atoms with van der Waals surface area (Å²) in [7, 11) is 0. The van der Waals surface area contributed by atoms with Gasteiger partial charge in [0.25, 0.3) is 0 Å². The first-order valence-electron chi connectivity index (χ1n) is 9.17. The van der Waals surface area contributed by atoms with Gasteiger partial charge >= 0.3 is 6.03 Å². The lowest BCUT2D eigenvalue weighted by Gasteiger charge is -2.21. The van der Waals surface area contributed by atoms with E-state index in [0.29, 0.717) is 12.8 Å². The van der Waals surface area contributed by atoms with Crippen LogP contribution >= 0.6 is 15.9 Å². The van der Waals surface area contributed by atoms with E-state index in [1.54, 1.807) is 0 Å². The van der Waals surface area contributed by atoms with Crippen LogP contribution in [-0.2, 0) is 4.79 Å². The van der Waals surface area contributed by atoms with Crippen LogP contribution in [0.25, 0.3) is 0 Å². The molecule has 0 aromatic carbocycles. The van der Waals surface area contributed by atoms with Crippen molar-refractivity contribution in [1.82, 2.24) is 5.32 Å². The molecule has 3 N–H and O–H groups in total. The Balaban J connectivity index is 0. The molecule has 0 spiro atoms. The number of carbonyl (C=O) groups excluding carboxylic acids is 2. The summed E-state index contributed by atoms with van der Waals surface area (Å²) < 4.78 is -0.665. The van der Waals surface area contributed by atoms with Crippen LogP contribution in [0.3, 0.4) is 0 Å². The van der Waals surface area contributed by atoms with Crippen LogP contribution in [0.4, 0.5) is 4.79 Å². The third-order valence-electron chi connectivity index (χ3n) is 3.97. The Hall–Kier alpha value is -0.580. The molecule has 0 saturated heterocycles. The minimum absolute atomic E-state index is 0.375. The van der Waals surface area contributed by atoms with Crippen LogP contribution in [0.2, 0.25) is 0 Å². The number of primary amides is 1. The van der Waals surface area contributed by atoms with Gasteiger partial charge in [-0.2, -0.15) is 0 Å². The Kier molecular flexibility index (Phi) is 17.5. The number of urea groups is 1. The highest BCUT2D eigenvalue weighted by molar-refractivity contribution is 9.10. The smallest absolute Gasteiger partial charge is 0.318 e. The van der Waals surface area contributed by atoms with Crippen molar-refractivity contribution in [2.75, 3.05) is 0 Å². The quantitative estimate of drug-likeness (QED) is 0.351.